The fraction of sp³-hybridized carbons (Fsp3) is 0.226. The Morgan fingerprint density at radius 2 is 0.878 bits per heavy atom. The molecule has 41 heavy (non-hydrogen) atoms. The number of aromatic nitrogens is 2. The Hall–Kier alpha value is -0.675. The van der Waals surface area contributed by atoms with E-state index in [1.165, 1.54) is 44.8 Å². The molecule has 2 aromatic carbocycles. The van der Waals surface area contributed by atoms with E-state index in [-0.39, 0.29) is 109 Å². The van der Waals surface area contributed by atoms with Crippen LogP contribution in [-0.2, 0) is 47.3 Å². The van der Waals surface area contributed by atoms with Gasteiger partial charge in [-0.3, -0.25) is 0 Å². The van der Waals surface area contributed by atoms with Gasteiger partial charge >= 0.3 is 11.6 Å². The zero-order valence-electron chi connectivity index (χ0n) is 23.7. The number of nitrogens with zero attached hydrogens (tertiary/aromatic N) is 4. The van der Waals surface area contributed by atoms with E-state index in [0.717, 1.165) is 18.1 Å². The summed E-state index contributed by atoms with van der Waals surface area (Å²) in [6.45, 7) is 12.9. The normalized spacial score (nSPS) is 10.4. The maximum atomic E-state index is 4.55. The Labute approximate surface area is 314 Å². The zero-order chi connectivity index (χ0) is 24.9. The van der Waals surface area contributed by atoms with Crippen molar-refractivity contribution in [3.8, 4) is 0 Å². The molecular formula is C31H34Br4N4Pd2-2. The Morgan fingerprint density at radius 1 is 0.561 bits per heavy atom. The van der Waals surface area contributed by atoms with Crippen molar-refractivity contribution < 1.29 is 109 Å². The van der Waals surface area contributed by atoms with E-state index >= 15 is 0 Å². The van der Waals surface area contributed by atoms with Crippen molar-refractivity contribution in [2.45, 2.75) is 48.0 Å². The van der Waals surface area contributed by atoms with Crippen molar-refractivity contribution in [3.05, 3.63) is 106 Å². The molecule has 0 saturated carbocycles. The first-order valence-electron chi connectivity index (χ1n) is 12.1. The Kier molecular flexibility index (Phi) is 23.0. The number of halogens is 4. The molecule has 0 aliphatic carbocycles. The van der Waals surface area contributed by atoms with Crippen LogP contribution in [0, 0.1) is 27.7 Å². The van der Waals surface area contributed by atoms with Crippen molar-refractivity contribution in [2.75, 3.05) is 0 Å². The SMILES string of the molecule is CC=[N+](c1ccccn1)c1c(C)cc(Cc2cc(C)c([N+](=CC)c3ccccn3)c(C)c2)cc1C.[Br-].[Br-].[Br-].[Br-].[Pd].[Pd]. The summed E-state index contributed by atoms with van der Waals surface area (Å²) in [6.07, 6.45) is 8.74. The van der Waals surface area contributed by atoms with Gasteiger partial charge in [0.2, 0.25) is 0 Å². The molecule has 0 saturated heterocycles. The van der Waals surface area contributed by atoms with Gasteiger partial charge in [-0.1, -0.05) is 36.4 Å². The van der Waals surface area contributed by atoms with Crippen LogP contribution in [0.25, 0.3) is 0 Å². The van der Waals surface area contributed by atoms with E-state index in [2.05, 4.69) is 97.4 Å². The molecule has 10 heteroatoms. The van der Waals surface area contributed by atoms with Crippen LogP contribution in [0.2, 0.25) is 0 Å². The minimum absolute atomic E-state index is 0. The van der Waals surface area contributed by atoms with E-state index in [0.29, 0.717) is 0 Å². The molecule has 228 valence electrons. The van der Waals surface area contributed by atoms with Crippen LogP contribution in [0.5, 0.6) is 0 Å². The fourth-order valence-electron chi connectivity index (χ4n) is 5.04. The summed E-state index contributed by atoms with van der Waals surface area (Å²) >= 11 is 0. The summed E-state index contributed by atoms with van der Waals surface area (Å²) in [5.74, 6) is 1.86. The standard InChI is InChI=1S/C31H34N4.4BrH.2Pd/c1-7-34(28-13-9-11-15-32-28)30-22(3)17-26(18-23(30)4)21-27-19-24(5)31(25(6)20-27)35(8-2)29-14-10-12-16-33-29;;;;;;/h7-20H,21H2,1-6H3;4*1H;;/q+2;;;;;;/p-4. The molecule has 0 radical (unpaired) electrons. The summed E-state index contributed by atoms with van der Waals surface area (Å²) in [7, 11) is 0. The molecule has 0 bridgehead atoms. The number of hydrogen-bond acceptors (Lipinski definition) is 2. The number of rotatable bonds is 6. The molecule has 0 aliphatic heterocycles. The summed E-state index contributed by atoms with van der Waals surface area (Å²) in [5.41, 5.74) is 10.0. The second-order valence-electron chi connectivity index (χ2n) is 8.97. The van der Waals surface area contributed by atoms with E-state index < -0.39 is 0 Å². The zero-order valence-corrected chi connectivity index (χ0v) is 33.2. The quantitative estimate of drug-likeness (QED) is 0.111. The molecule has 0 aliphatic rings. The molecule has 2 aromatic heterocycles. The van der Waals surface area contributed by atoms with Gasteiger partial charge in [0, 0.05) is 53.0 Å². The maximum absolute atomic E-state index is 4.55. The van der Waals surface area contributed by atoms with Gasteiger partial charge in [0.1, 0.15) is 23.8 Å². The summed E-state index contributed by atoms with van der Waals surface area (Å²) in [4.78, 5) is 9.11. The number of hydrogen-bond donors (Lipinski definition) is 0. The maximum Gasteiger partial charge on any atom is 0.327 e. The Bertz CT molecular complexity index is 1280. The molecule has 0 N–H and O–H groups in total. The fourth-order valence-corrected chi connectivity index (χ4v) is 5.04. The van der Waals surface area contributed by atoms with Gasteiger partial charge in [-0.2, -0.15) is 0 Å². The van der Waals surface area contributed by atoms with Crippen LogP contribution in [-0.4, -0.2) is 22.4 Å². The third-order valence-corrected chi connectivity index (χ3v) is 6.30. The molecular weight excluding hydrogens is 961 g/mol. The molecule has 4 nitrogen and oxygen atoms in total. The average Bonchev–Trinajstić information content (AvgIpc) is 2.84. The first-order chi connectivity index (χ1) is 16.9. The van der Waals surface area contributed by atoms with Gasteiger partial charge in [-0.05, 0) is 103 Å². The first-order valence-corrected chi connectivity index (χ1v) is 12.1. The molecule has 0 atom stereocenters. The minimum atomic E-state index is 0. The van der Waals surface area contributed by atoms with Gasteiger partial charge < -0.3 is 67.9 Å². The van der Waals surface area contributed by atoms with Crippen molar-refractivity contribution in [1.82, 2.24) is 19.1 Å². The topological polar surface area (TPSA) is 31.8 Å². The van der Waals surface area contributed by atoms with Gasteiger partial charge in [0.25, 0.3) is 0 Å². The second kappa shape index (κ2) is 21.1. The van der Waals surface area contributed by atoms with Crippen molar-refractivity contribution >= 4 is 35.4 Å². The van der Waals surface area contributed by atoms with Crippen molar-refractivity contribution in [2.24, 2.45) is 0 Å². The van der Waals surface area contributed by atoms with Crippen LogP contribution < -0.4 is 77.1 Å². The summed E-state index contributed by atoms with van der Waals surface area (Å²) in [5, 5.41) is 0. The van der Waals surface area contributed by atoms with Gasteiger partial charge in [0.15, 0.2) is 0 Å². The van der Waals surface area contributed by atoms with Crippen LogP contribution in [0.4, 0.5) is 23.0 Å². The minimum Gasteiger partial charge on any atom is -1.00 e. The van der Waals surface area contributed by atoms with Crippen LogP contribution in [0.3, 0.4) is 0 Å². The predicted octanol–water partition coefficient (Wildman–Crippen LogP) is -4.84. The Morgan fingerprint density at radius 3 is 1.12 bits per heavy atom. The molecule has 0 fully saturated rings. The van der Waals surface area contributed by atoms with Crippen LogP contribution in [0.1, 0.15) is 47.2 Å². The van der Waals surface area contributed by atoms with Crippen molar-refractivity contribution in [3.63, 3.8) is 0 Å². The number of pyridine rings is 2. The monoisotopic (exact) mass is 990 g/mol. The first kappa shape index (κ1) is 44.8. The van der Waals surface area contributed by atoms with Gasteiger partial charge in [-0.15, -0.1) is 0 Å². The van der Waals surface area contributed by atoms with E-state index in [4.69, 9.17) is 0 Å². The Balaban J connectivity index is -0.00000241. The van der Waals surface area contributed by atoms with E-state index in [1.807, 2.05) is 48.8 Å². The molecule has 2 heterocycles. The number of aryl methyl sites for hydroxylation is 4. The van der Waals surface area contributed by atoms with E-state index in [1.54, 1.807) is 0 Å². The molecule has 0 spiro atoms. The third kappa shape index (κ3) is 10.8. The largest absolute Gasteiger partial charge is 1.00 e. The molecule has 4 rings (SSSR count). The van der Waals surface area contributed by atoms with E-state index in [9.17, 15) is 0 Å². The third-order valence-electron chi connectivity index (χ3n) is 6.30. The predicted molar refractivity (Wildman–Crippen MR) is 149 cm³/mol. The van der Waals surface area contributed by atoms with Gasteiger partial charge in [0.05, 0.1) is 12.4 Å². The second-order valence-corrected chi connectivity index (χ2v) is 8.97. The molecule has 0 amide bonds. The average molecular weight is 995 g/mol. The van der Waals surface area contributed by atoms with Crippen LogP contribution in [0.15, 0.2) is 73.1 Å². The summed E-state index contributed by atoms with van der Waals surface area (Å²) < 4.78 is 4.34. The number of benzene rings is 2. The van der Waals surface area contributed by atoms with Gasteiger partial charge in [-0.25, -0.2) is 9.15 Å². The van der Waals surface area contributed by atoms with Crippen molar-refractivity contribution in [1.29, 1.82) is 0 Å². The molecule has 0 unspecified atom stereocenters. The summed E-state index contributed by atoms with van der Waals surface area (Å²) in [6, 6.07) is 21.3. The molecule has 4 aromatic rings. The van der Waals surface area contributed by atoms with Crippen LogP contribution >= 0.6 is 0 Å². The smallest absolute Gasteiger partial charge is 0.327 e.